The molecule has 0 aromatic heterocycles. The lowest BCUT2D eigenvalue weighted by Crippen LogP contribution is -2.51. The SMILES string of the molecule is COC(=O)NN1CCCC(OC(=O)C(N)C(C)C)C1. The third kappa shape index (κ3) is 5.04. The Hall–Kier alpha value is -1.34. The van der Waals surface area contributed by atoms with Crippen LogP contribution in [0.3, 0.4) is 0 Å². The van der Waals surface area contributed by atoms with Crippen LogP contribution in [0.2, 0.25) is 0 Å². The number of nitrogens with two attached hydrogens (primary N) is 1. The van der Waals surface area contributed by atoms with Crippen molar-refractivity contribution >= 4 is 12.1 Å². The number of piperidine rings is 1. The predicted molar refractivity (Wildman–Crippen MR) is 69.0 cm³/mol. The number of methoxy groups -OCH3 is 1. The van der Waals surface area contributed by atoms with Gasteiger partial charge in [0.05, 0.1) is 13.7 Å². The van der Waals surface area contributed by atoms with Crippen LogP contribution in [0.25, 0.3) is 0 Å². The van der Waals surface area contributed by atoms with Crippen molar-refractivity contribution in [2.24, 2.45) is 11.7 Å². The number of nitrogens with zero attached hydrogens (tertiary/aromatic N) is 1. The van der Waals surface area contributed by atoms with Gasteiger partial charge in [0.2, 0.25) is 0 Å². The van der Waals surface area contributed by atoms with Crippen LogP contribution in [0.15, 0.2) is 0 Å². The molecule has 0 saturated carbocycles. The summed E-state index contributed by atoms with van der Waals surface area (Å²) in [5, 5.41) is 1.69. The third-order valence-electron chi connectivity index (χ3n) is 3.09. The fourth-order valence-electron chi connectivity index (χ4n) is 1.83. The van der Waals surface area contributed by atoms with Gasteiger partial charge in [0.1, 0.15) is 12.1 Å². The summed E-state index contributed by atoms with van der Waals surface area (Å²) in [6.07, 6.45) is 0.837. The molecule has 1 aliphatic rings. The highest BCUT2D eigenvalue weighted by atomic mass is 16.6. The number of carbonyl (C=O) groups excluding carboxylic acids is 2. The highest BCUT2D eigenvalue weighted by molar-refractivity contribution is 5.76. The molecule has 7 nitrogen and oxygen atoms in total. The molecule has 1 aliphatic heterocycles. The van der Waals surface area contributed by atoms with Crippen LogP contribution in [0.4, 0.5) is 4.79 Å². The minimum absolute atomic E-state index is 0.0420. The Labute approximate surface area is 113 Å². The van der Waals surface area contributed by atoms with Gasteiger partial charge in [0.15, 0.2) is 0 Å². The summed E-state index contributed by atoms with van der Waals surface area (Å²) in [4.78, 5) is 22.9. The largest absolute Gasteiger partial charge is 0.460 e. The lowest BCUT2D eigenvalue weighted by molar-refractivity contribution is -0.154. The predicted octanol–water partition coefficient (Wildman–Crippen LogP) is 0.248. The van der Waals surface area contributed by atoms with E-state index >= 15 is 0 Å². The first-order valence-corrected chi connectivity index (χ1v) is 6.49. The van der Waals surface area contributed by atoms with Crippen molar-refractivity contribution in [3.05, 3.63) is 0 Å². The van der Waals surface area contributed by atoms with Gasteiger partial charge in [-0.05, 0) is 18.8 Å². The second-order valence-electron chi connectivity index (χ2n) is 5.02. The summed E-state index contributed by atoms with van der Waals surface area (Å²) in [6, 6.07) is -0.607. The molecule has 0 radical (unpaired) electrons. The van der Waals surface area contributed by atoms with Crippen LogP contribution in [-0.2, 0) is 14.3 Å². The van der Waals surface area contributed by atoms with Crippen LogP contribution >= 0.6 is 0 Å². The maximum Gasteiger partial charge on any atom is 0.421 e. The van der Waals surface area contributed by atoms with Crippen molar-refractivity contribution in [1.82, 2.24) is 10.4 Å². The topological polar surface area (TPSA) is 93.9 Å². The van der Waals surface area contributed by atoms with Crippen molar-refractivity contribution in [2.45, 2.75) is 38.8 Å². The molecule has 19 heavy (non-hydrogen) atoms. The Kier molecular flexibility index (Phi) is 6.04. The minimum atomic E-state index is -0.607. The van der Waals surface area contributed by atoms with E-state index in [-0.39, 0.29) is 18.0 Å². The maximum absolute atomic E-state index is 11.8. The Morgan fingerprint density at radius 2 is 2.11 bits per heavy atom. The molecule has 1 rings (SSSR count). The first-order chi connectivity index (χ1) is 8.93. The van der Waals surface area contributed by atoms with Gasteiger partial charge in [0, 0.05) is 6.54 Å². The van der Waals surface area contributed by atoms with Crippen molar-refractivity contribution in [3.63, 3.8) is 0 Å². The molecular weight excluding hydrogens is 250 g/mol. The van der Waals surface area contributed by atoms with E-state index in [1.54, 1.807) is 5.01 Å². The van der Waals surface area contributed by atoms with Gasteiger partial charge in [-0.3, -0.25) is 10.2 Å². The maximum atomic E-state index is 11.8. The fraction of sp³-hybridized carbons (Fsp3) is 0.833. The molecule has 1 heterocycles. The molecule has 0 aliphatic carbocycles. The van der Waals surface area contributed by atoms with Gasteiger partial charge in [-0.2, -0.15) is 0 Å². The third-order valence-corrected chi connectivity index (χ3v) is 3.09. The Morgan fingerprint density at radius 1 is 1.42 bits per heavy atom. The van der Waals surface area contributed by atoms with Gasteiger partial charge in [-0.25, -0.2) is 9.80 Å². The van der Waals surface area contributed by atoms with Crippen LogP contribution in [0.5, 0.6) is 0 Å². The second-order valence-corrected chi connectivity index (χ2v) is 5.02. The van der Waals surface area contributed by atoms with Crippen LogP contribution in [0.1, 0.15) is 26.7 Å². The zero-order valence-electron chi connectivity index (χ0n) is 11.7. The summed E-state index contributed by atoms with van der Waals surface area (Å²) in [5.41, 5.74) is 8.31. The first-order valence-electron chi connectivity index (χ1n) is 6.49. The summed E-state index contributed by atoms with van der Waals surface area (Å²) >= 11 is 0. The summed E-state index contributed by atoms with van der Waals surface area (Å²) in [5.74, 6) is -0.347. The molecular formula is C12H23N3O4. The number of nitrogens with one attached hydrogen (secondary N) is 1. The van der Waals surface area contributed by atoms with Crippen LogP contribution in [-0.4, -0.2) is 49.4 Å². The molecule has 0 aromatic rings. The number of carbonyl (C=O) groups is 2. The monoisotopic (exact) mass is 273 g/mol. The highest BCUT2D eigenvalue weighted by Gasteiger charge is 2.27. The zero-order valence-corrected chi connectivity index (χ0v) is 11.7. The lowest BCUT2D eigenvalue weighted by Gasteiger charge is -2.32. The molecule has 0 bridgehead atoms. The lowest BCUT2D eigenvalue weighted by atomic mass is 10.1. The molecule has 1 saturated heterocycles. The quantitative estimate of drug-likeness (QED) is 0.713. The van der Waals surface area contributed by atoms with E-state index in [4.69, 9.17) is 10.5 Å². The summed E-state index contributed by atoms with van der Waals surface area (Å²) < 4.78 is 9.88. The number of hydrogen-bond donors (Lipinski definition) is 2. The molecule has 1 amide bonds. The molecule has 0 spiro atoms. The van der Waals surface area contributed by atoms with Gasteiger partial charge < -0.3 is 15.2 Å². The molecule has 7 heteroatoms. The van der Waals surface area contributed by atoms with Crippen molar-refractivity contribution < 1.29 is 19.1 Å². The van der Waals surface area contributed by atoms with Gasteiger partial charge in [-0.15, -0.1) is 0 Å². The normalized spacial score (nSPS) is 21.8. The van der Waals surface area contributed by atoms with E-state index in [9.17, 15) is 9.59 Å². The summed E-state index contributed by atoms with van der Waals surface area (Å²) in [7, 11) is 1.30. The second kappa shape index (κ2) is 7.30. The van der Waals surface area contributed by atoms with E-state index < -0.39 is 12.1 Å². The Bertz CT molecular complexity index is 322. The average Bonchev–Trinajstić information content (AvgIpc) is 2.37. The average molecular weight is 273 g/mol. The van der Waals surface area contributed by atoms with E-state index in [0.717, 1.165) is 12.8 Å². The first kappa shape index (κ1) is 15.7. The molecule has 0 aromatic carbocycles. The van der Waals surface area contributed by atoms with Crippen LogP contribution < -0.4 is 11.2 Å². The minimum Gasteiger partial charge on any atom is -0.460 e. The number of ether oxygens (including phenoxy) is 2. The number of hydrogen-bond acceptors (Lipinski definition) is 6. The van der Waals surface area contributed by atoms with Crippen molar-refractivity contribution in [2.75, 3.05) is 20.2 Å². The summed E-state index contributed by atoms with van der Waals surface area (Å²) in [6.45, 7) is 4.90. The van der Waals surface area contributed by atoms with E-state index in [2.05, 4.69) is 10.2 Å². The van der Waals surface area contributed by atoms with Crippen molar-refractivity contribution in [3.8, 4) is 0 Å². The molecule has 1 fully saturated rings. The number of hydrazine groups is 1. The van der Waals surface area contributed by atoms with E-state index in [1.807, 2.05) is 13.8 Å². The van der Waals surface area contributed by atoms with Gasteiger partial charge in [-0.1, -0.05) is 13.8 Å². The zero-order chi connectivity index (χ0) is 14.4. The highest BCUT2D eigenvalue weighted by Crippen LogP contribution is 2.13. The van der Waals surface area contributed by atoms with Gasteiger partial charge in [0.25, 0.3) is 0 Å². The molecule has 110 valence electrons. The van der Waals surface area contributed by atoms with Crippen molar-refractivity contribution in [1.29, 1.82) is 0 Å². The smallest absolute Gasteiger partial charge is 0.421 e. The number of amides is 1. The number of esters is 1. The van der Waals surface area contributed by atoms with Crippen LogP contribution in [0, 0.1) is 5.92 Å². The Morgan fingerprint density at radius 3 is 2.68 bits per heavy atom. The standard InChI is InChI=1S/C12H23N3O4/c1-8(2)10(13)11(16)19-9-5-4-6-15(7-9)14-12(17)18-3/h8-10H,4-7,13H2,1-3H3,(H,14,17). The van der Waals surface area contributed by atoms with E-state index in [1.165, 1.54) is 7.11 Å². The molecule has 2 unspecified atom stereocenters. The Balaban J connectivity index is 2.42. The molecule has 2 atom stereocenters. The number of rotatable bonds is 4. The van der Waals surface area contributed by atoms with E-state index in [0.29, 0.717) is 13.1 Å². The molecule has 3 N–H and O–H groups in total. The fourth-order valence-corrected chi connectivity index (χ4v) is 1.83. The van der Waals surface area contributed by atoms with Gasteiger partial charge >= 0.3 is 12.1 Å².